The third-order valence-corrected chi connectivity index (χ3v) is 5.03. The number of carbonyl (C=O) groups is 1. The summed E-state index contributed by atoms with van der Waals surface area (Å²) in [6.07, 6.45) is 2.56. The number of aliphatic imine (C=N–C) groups is 1. The van der Waals surface area contributed by atoms with Crippen molar-refractivity contribution in [2.45, 2.75) is 13.3 Å². The van der Waals surface area contributed by atoms with Crippen LogP contribution >= 0.6 is 38.5 Å². The zero-order valence-electron chi connectivity index (χ0n) is 14.8. The molecule has 0 atom stereocenters. The van der Waals surface area contributed by atoms with Crippen molar-refractivity contribution in [3.8, 4) is 11.5 Å². The van der Waals surface area contributed by atoms with Gasteiger partial charge in [0.1, 0.15) is 0 Å². The van der Waals surface area contributed by atoms with E-state index in [-0.39, 0.29) is 5.70 Å². The van der Waals surface area contributed by atoms with E-state index < -0.39 is 5.97 Å². The molecule has 1 aliphatic rings. The lowest BCUT2D eigenvalue weighted by Crippen LogP contribution is -2.05. The zero-order valence-corrected chi connectivity index (χ0v) is 18.5. The number of methoxy groups -OCH3 is 1. The predicted molar refractivity (Wildman–Crippen MR) is 116 cm³/mol. The first kappa shape index (κ1) is 19.9. The van der Waals surface area contributed by atoms with Crippen molar-refractivity contribution in [2.24, 2.45) is 4.99 Å². The topological polar surface area (TPSA) is 57.1 Å². The van der Waals surface area contributed by atoms with Crippen LogP contribution in [0.25, 0.3) is 6.08 Å². The standard InChI is InChI=1S/C20H17BrINO4/c1-3-8-26-18-15(21)9-12(11-17(18)25-2)10-16-20(24)27-19(23-16)13-4-6-14(22)7-5-13/h4-7,9-11H,3,8H2,1-2H3/b16-10-. The van der Waals surface area contributed by atoms with Crippen LogP contribution in [-0.4, -0.2) is 25.6 Å². The molecule has 1 heterocycles. The minimum Gasteiger partial charge on any atom is -0.493 e. The molecular formula is C20H17BrINO4. The molecule has 140 valence electrons. The van der Waals surface area contributed by atoms with E-state index in [2.05, 4.69) is 43.5 Å². The maximum absolute atomic E-state index is 12.2. The largest absolute Gasteiger partial charge is 0.493 e. The minimum absolute atomic E-state index is 0.236. The van der Waals surface area contributed by atoms with Gasteiger partial charge in [-0.3, -0.25) is 0 Å². The summed E-state index contributed by atoms with van der Waals surface area (Å²) in [5.74, 6) is 1.04. The minimum atomic E-state index is -0.482. The smallest absolute Gasteiger partial charge is 0.363 e. The predicted octanol–water partition coefficient (Wildman–Crippen LogP) is 5.20. The van der Waals surface area contributed by atoms with E-state index in [4.69, 9.17) is 14.2 Å². The Balaban J connectivity index is 1.92. The first-order valence-electron chi connectivity index (χ1n) is 8.30. The van der Waals surface area contributed by atoms with Gasteiger partial charge < -0.3 is 14.2 Å². The molecule has 0 saturated carbocycles. The normalized spacial score (nSPS) is 14.9. The number of nitrogens with zero attached hydrogens (tertiary/aromatic N) is 1. The number of cyclic esters (lactones) is 1. The monoisotopic (exact) mass is 541 g/mol. The molecule has 5 nitrogen and oxygen atoms in total. The first-order valence-corrected chi connectivity index (χ1v) is 10.2. The average Bonchev–Trinajstić information content (AvgIpc) is 3.01. The van der Waals surface area contributed by atoms with Crippen molar-refractivity contribution in [1.82, 2.24) is 0 Å². The Bertz CT molecular complexity index is 922. The molecule has 27 heavy (non-hydrogen) atoms. The van der Waals surface area contributed by atoms with Crippen molar-refractivity contribution in [2.75, 3.05) is 13.7 Å². The van der Waals surface area contributed by atoms with E-state index in [1.165, 1.54) is 0 Å². The highest BCUT2D eigenvalue weighted by atomic mass is 127. The third-order valence-electron chi connectivity index (χ3n) is 3.72. The van der Waals surface area contributed by atoms with E-state index in [0.29, 0.717) is 24.0 Å². The highest BCUT2D eigenvalue weighted by Gasteiger charge is 2.24. The fourth-order valence-electron chi connectivity index (χ4n) is 2.45. The number of ether oxygens (including phenoxy) is 3. The second-order valence-electron chi connectivity index (χ2n) is 5.73. The van der Waals surface area contributed by atoms with Crippen molar-refractivity contribution < 1.29 is 19.0 Å². The Hall–Kier alpha value is -1.87. The molecule has 0 N–H and O–H groups in total. The molecule has 0 aromatic heterocycles. The molecule has 0 radical (unpaired) electrons. The summed E-state index contributed by atoms with van der Waals surface area (Å²) < 4.78 is 18.3. The molecule has 0 amide bonds. The van der Waals surface area contributed by atoms with E-state index in [9.17, 15) is 4.79 Å². The Morgan fingerprint density at radius 2 is 2.00 bits per heavy atom. The van der Waals surface area contributed by atoms with Gasteiger partial charge in [0.15, 0.2) is 17.2 Å². The van der Waals surface area contributed by atoms with Crippen LogP contribution in [0.15, 0.2) is 51.6 Å². The fourth-order valence-corrected chi connectivity index (χ4v) is 3.38. The summed E-state index contributed by atoms with van der Waals surface area (Å²) in [5, 5.41) is 0. The lowest BCUT2D eigenvalue weighted by atomic mass is 10.1. The second-order valence-corrected chi connectivity index (χ2v) is 7.83. The molecular weight excluding hydrogens is 525 g/mol. The maximum atomic E-state index is 12.2. The molecule has 0 fully saturated rings. The molecule has 1 aliphatic heterocycles. The van der Waals surface area contributed by atoms with Gasteiger partial charge in [-0.05, 0) is 93.0 Å². The number of benzene rings is 2. The molecule has 3 rings (SSSR count). The van der Waals surface area contributed by atoms with E-state index in [1.54, 1.807) is 19.3 Å². The Morgan fingerprint density at radius 1 is 1.26 bits per heavy atom. The third kappa shape index (κ3) is 4.70. The zero-order chi connectivity index (χ0) is 19.4. The summed E-state index contributed by atoms with van der Waals surface area (Å²) in [4.78, 5) is 16.5. The van der Waals surface area contributed by atoms with E-state index in [1.807, 2.05) is 37.3 Å². The Labute approximate surface area is 179 Å². The van der Waals surface area contributed by atoms with Gasteiger partial charge >= 0.3 is 5.97 Å². The van der Waals surface area contributed by atoms with Gasteiger partial charge in [0.25, 0.3) is 0 Å². The van der Waals surface area contributed by atoms with Crippen LogP contribution < -0.4 is 9.47 Å². The molecule has 0 spiro atoms. The van der Waals surface area contributed by atoms with Crippen molar-refractivity contribution in [3.05, 3.63) is 61.3 Å². The SMILES string of the molecule is CCCOc1c(Br)cc(/C=C2\N=C(c3ccc(I)cc3)OC2=O)cc1OC. The van der Waals surface area contributed by atoms with E-state index >= 15 is 0 Å². The van der Waals surface area contributed by atoms with Gasteiger partial charge in [-0.15, -0.1) is 0 Å². The number of hydrogen-bond donors (Lipinski definition) is 0. The Kier molecular flexibility index (Phi) is 6.54. The highest BCUT2D eigenvalue weighted by Crippen LogP contribution is 2.37. The van der Waals surface area contributed by atoms with Gasteiger partial charge in [0, 0.05) is 9.13 Å². The second kappa shape index (κ2) is 8.88. The molecule has 0 saturated heterocycles. The van der Waals surface area contributed by atoms with Crippen LogP contribution in [0.4, 0.5) is 0 Å². The van der Waals surface area contributed by atoms with Crippen LogP contribution in [0.2, 0.25) is 0 Å². The van der Waals surface area contributed by atoms with Gasteiger partial charge in [-0.2, -0.15) is 0 Å². The van der Waals surface area contributed by atoms with E-state index in [0.717, 1.165) is 25.6 Å². The molecule has 0 unspecified atom stereocenters. The van der Waals surface area contributed by atoms with Crippen LogP contribution in [-0.2, 0) is 9.53 Å². The number of rotatable bonds is 6. The first-order chi connectivity index (χ1) is 13.0. The van der Waals surface area contributed by atoms with Crippen LogP contribution in [0, 0.1) is 3.57 Å². The summed E-state index contributed by atoms with van der Waals surface area (Å²) in [7, 11) is 1.58. The quantitative estimate of drug-likeness (QED) is 0.287. The molecule has 0 bridgehead atoms. The van der Waals surface area contributed by atoms with Crippen molar-refractivity contribution >= 4 is 56.5 Å². The summed E-state index contributed by atoms with van der Waals surface area (Å²) in [6, 6.07) is 11.3. The van der Waals surface area contributed by atoms with Crippen LogP contribution in [0.5, 0.6) is 11.5 Å². The number of esters is 1. The van der Waals surface area contributed by atoms with Gasteiger partial charge in [0.05, 0.1) is 18.2 Å². The lowest BCUT2D eigenvalue weighted by molar-refractivity contribution is -0.129. The summed E-state index contributed by atoms with van der Waals surface area (Å²) in [6.45, 7) is 2.62. The van der Waals surface area contributed by atoms with Crippen LogP contribution in [0.1, 0.15) is 24.5 Å². The highest BCUT2D eigenvalue weighted by molar-refractivity contribution is 14.1. The van der Waals surface area contributed by atoms with Crippen molar-refractivity contribution in [1.29, 1.82) is 0 Å². The number of carbonyl (C=O) groups excluding carboxylic acids is 1. The Morgan fingerprint density at radius 3 is 2.67 bits per heavy atom. The number of halogens is 2. The molecule has 2 aromatic carbocycles. The molecule has 7 heteroatoms. The van der Waals surface area contributed by atoms with Crippen molar-refractivity contribution in [3.63, 3.8) is 0 Å². The van der Waals surface area contributed by atoms with Crippen LogP contribution in [0.3, 0.4) is 0 Å². The maximum Gasteiger partial charge on any atom is 0.363 e. The fraction of sp³-hybridized carbons (Fsp3) is 0.200. The number of hydrogen-bond acceptors (Lipinski definition) is 5. The summed E-state index contributed by atoms with van der Waals surface area (Å²) >= 11 is 5.72. The van der Waals surface area contributed by atoms with Gasteiger partial charge in [0.2, 0.25) is 5.90 Å². The lowest BCUT2D eigenvalue weighted by Gasteiger charge is -2.13. The molecule has 2 aromatic rings. The van der Waals surface area contributed by atoms with Gasteiger partial charge in [-0.25, -0.2) is 9.79 Å². The average molecular weight is 542 g/mol. The molecule has 0 aliphatic carbocycles. The van der Waals surface area contributed by atoms with Gasteiger partial charge in [-0.1, -0.05) is 6.92 Å². The summed E-state index contributed by atoms with van der Waals surface area (Å²) in [5.41, 5.74) is 1.75.